The normalized spacial score (nSPS) is 21.6. The number of fused-ring (bicyclic) bond motifs is 1. The van der Waals surface area contributed by atoms with E-state index in [4.69, 9.17) is 14.8 Å². The Balaban J connectivity index is 1.63. The zero-order valence-corrected chi connectivity index (χ0v) is 21.0. The van der Waals surface area contributed by atoms with Gasteiger partial charge in [-0.3, -0.25) is 0 Å². The molecule has 2 atom stereocenters. The number of aromatic carboxylic acids is 1. The third kappa shape index (κ3) is 5.38. The Bertz CT molecular complexity index is 1100. The molecule has 2 aliphatic heterocycles. The maximum atomic E-state index is 11.1. The molecule has 0 aliphatic carbocycles. The highest BCUT2D eigenvalue weighted by atomic mass is 32.2. The van der Waals surface area contributed by atoms with Gasteiger partial charge in [-0.25, -0.2) is 9.78 Å². The summed E-state index contributed by atoms with van der Waals surface area (Å²) in [4.78, 5) is 18.5. The summed E-state index contributed by atoms with van der Waals surface area (Å²) in [5, 5.41) is 23.6. The van der Waals surface area contributed by atoms with E-state index >= 15 is 0 Å². The molecule has 180 valence electrons. The van der Waals surface area contributed by atoms with Crippen molar-refractivity contribution in [1.29, 1.82) is 5.26 Å². The monoisotopic (exact) mass is 480 g/mol. The Morgan fingerprint density at radius 2 is 1.94 bits per heavy atom. The number of carboxylic acid groups (broad SMARTS) is 1. The van der Waals surface area contributed by atoms with Crippen molar-refractivity contribution in [3.63, 3.8) is 0 Å². The molecule has 1 fully saturated rings. The van der Waals surface area contributed by atoms with E-state index in [-0.39, 0.29) is 11.2 Å². The number of hydrogen-bond acceptors (Lipinski definition) is 7. The third-order valence-corrected chi connectivity index (χ3v) is 7.34. The van der Waals surface area contributed by atoms with Crippen molar-refractivity contribution in [2.45, 2.75) is 69.9 Å². The molecule has 34 heavy (non-hydrogen) atoms. The Kier molecular flexibility index (Phi) is 7.17. The van der Waals surface area contributed by atoms with Gasteiger partial charge in [0.15, 0.2) is 0 Å². The minimum absolute atomic E-state index is 0.286. The van der Waals surface area contributed by atoms with E-state index < -0.39 is 5.97 Å². The molecule has 1 aromatic carbocycles. The van der Waals surface area contributed by atoms with Gasteiger partial charge in [0.25, 0.3) is 0 Å². The van der Waals surface area contributed by atoms with E-state index in [2.05, 4.69) is 44.0 Å². The van der Waals surface area contributed by atoms with Gasteiger partial charge in [-0.2, -0.15) is 5.26 Å². The summed E-state index contributed by atoms with van der Waals surface area (Å²) in [7, 11) is 0. The van der Waals surface area contributed by atoms with Crippen LogP contribution in [0.2, 0.25) is 0 Å². The molecule has 2 aliphatic rings. The minimum Gasteiger partial charge on any atom is -0.478 e. The van der Waals surface area contributed by atoms with Crippen molar-refractivity contribution >= 4 is 23.5 Å². The maximum Gasteiger partial charge on any atom is 0.335 e. The van der Waals surface area contributed by atoms with Crippen LogP contribution < -0.4 is 10.2 Å². The van der Waals surface area contributed by atoms with Crippen LogP contribution in [-0.4, -0.2) is 52.6 Å². The number of carbonyl (C=O) groups is 1. The van der Waals surface area contributed by atoms with Crippen LogP contribution in [0.5, 0.6) is 0 Å². The molecule has 3 heterocycles. The lowest BCUT2D eigenvalue weighted by atomic mass is 9.89. The van der Waals surface area contributed by atoms with Crippen LogP contribution in [0.25, 0.3) is 0 Å². The van der Waals surface area contributed by atoms with Gasteiger partial charge in [0.2, 0.25) is 0 Å². The largest absolute Gasteiger partial charge is 0.478 e. The van der Waals surface area contributed by atoms with E-state index in [0.29, 0.717) is 30.7 Å². The van der Waals surface area contributed by atoms with Gasteiger partial charge >= 0.3 is 5.97 Å². The van der Waals surface area contributed by atoms with Gasteiger partial charge in [0.1, 0.15) is 16.9 Å². The number of thioether (sulfide) groups is 1. The van der Waals surface area contributed by atoms with Crippen LogP contribution in [0.1, 0.15) is 60.3 Å². The molecule has 0 amide bonds. The van der Waals surface area contributed by atoms with Crippen LogP contribution in [0, 0.1) is 11.3 Å². The Hall–Kier alpha value is -2.60. The molecule has 2 unspecified atom stereocenters. The molecule has 7 nitrogen and oxygen atoms in total. The summed E-state index contributed by atoms with van der Waals surface area (Å²) < 4.78 is 6.14. The molecule has 4 rings (SSSR count). The van der Waals surface area contributed by atoms with Crippen molar-refractivity contribution < 1.29 is 14.6 Å². The lowest BCUT2D eigenvalue weighted by Gasteiger charge is -2.40. The van der Waals surface area contributed by atoms with Crippen LogP contribution in [0.15, 0.2) is 29.3 Å². The molecule has 1 saturated heterocycles. The highest BCUT2D eigenvalue weighted by Crippen LogP contribution is 2.39. The number of ether oxygens (including phenoxy) is 1. The van der Waals surface area contributed by atoms with Crippen LogP contribution in [0.3, 0.4) is 0 Å². The number of carboxylic acids is 1. The van der Waals surface area contributed by atoms with Gasteiger partial charge in [0.05, 0.1) is 23.3 Å². The molecule has 1 aromatic heterocycles. The van der Waals surface area contributed by atoms with Crippen molar-refractivity contribution in [3.05, 3.63) is 52.1 Å². The number of aryl methyl sites for hydroxylation is 1. The molecule has 0 saturated carbocycles. The summed E-state index contributed by atoms with van der Waals surface area (Å²) in [5.74, 6) is 0.771. The zero-order valence-electron chi connectivity index (χ0n) is 20.2. The fourth-order valence-corrected chi connectivity index (χ4v) is 5.78. The van der Waals surface area contributed by atoms with Gasteiger partial charge < -0.3 is 20.1 Å². The summed E-state index contributed by atoms with van der Waals surface area (Å²) in [5.41, 5.74) is 3.80. The van der Waals surface area contributed by atoms with Crippen molar-refractivity contribution in [2.24, 2.45) is 0 Å². The molecule has 8 heteroatoms. The number of anilines is 1. The van der Waals surface area contributed by atoms with Crippen LogP contribution >= 0.6 is 11.8 Å². The van der Waals surface area contributed by atoms with E-state index in [1.807, 2.05) is 12.1 Å². The summed E-state index contributed by atoms with van der Waals surface area (Å²) in [6.45, 7) is 10.7. The lowest BCUT2D eigenvalue weighted by Crippen LogP contribution is -2.55. The topological polar surface area (TPSA) is 98.5 Å². The minimum atomic E-state index is -0.922. The van der Waals surface area contributed by atoms with Crippen LogP contribution in [-0.2, 0) is 24.2 Å². The molecule has 0 spiro atoms. The fraction of sp³-hybridized carbons (Fsp3) is 0.500. The van der Waals surface area contributed by atoms with E-state index in [1.54, 1.807) is 23.9 Å². The predicted octanol–water partition coefficient (Wildman–Crippen LogP) is 4.02. The third-order valence-electron chi connectivity index (χ3n) is 6.37. The van der Waals surface area contributed by atoms with E-state index in [0.717, 1.165) is 52.8 Å². The molecular weight excluding hydrogens is 448 g/mol. The number of aromatic nitrogens is 1. The highest BCUT2D eigenvalue weighted by Gasteiger charge is 2.34. The Labute approximate surface area is 205 Å². The number of rotatable bonds is 6. The van der Waals surface area contributed by atoms with Gasteiger partial charge in [-0.15, -0.1) is 11.8 Å². The van der Waals surface area contributed by atoms with E-state index in [9.17, 15) is 10.1 Å². The summed E-state index contributed by atoms with van der Waals surface area (Å²) >= 11 is 1.60. The zero-order chi connectivity index (χ0) is 24.5. The van der Waals surface area contributed by atoms with Crippen molar-refractivity contribution in [1.82, 2.24) is 10.3 Å². The first kappa shape index (κ1) is 24.5. The second kappa shape index (κ2) is 9.95. The smallest absolute Gasteiger partial charge is 0.335 e. The van der Waals surface area contributed by atoms with Gasteiger partial charge in [-0.1, -0.05) is 12.1 Å². The quantitative estimate of drug-likeness (QED) is 0.598. The number of hydrogen-bond donors (Lipinski definition) is 2. The molecule has 2 N–H and O–H groups in total. The number of benzene rings is 1. The number of pyridine rings is 1. The van der Waals surface area contributed by atoms with Gasteiger partial charge in [-0.05, 0) is 57.4 Å². The predicted molar refractivity (Wildman–Crippen MR) is 134 cm³/mol. The van der Waals surface area contributed by atoms with Crippen LogP contribution in [0.4, 0.5) is 5.82 Å². The van der Waals surface area contributed by atoms with Crippen molar-refractivity contribution in [2.75, 3.05) is 23.7 Å². The average Bonchev–Trinajstić information content (AvgIpc) is 2.77. The van der Waals surface area contributed by atoms with E-state index in [1.165, 1.54) is 0 Å². The fourth-order valence-electron chi connectivity index (χ4n) is 4.79. The molecule has 0 radical (unpaired) electrons. The molecule has 0 bridgehead atoms. The average molecular weight is 481 g/mol. The number of nitrogens with one attached hydrogen (secondary N) is 1. The van der Waals surface area contributed by atoms with Crippen molar-refractivity contribution in [3.8, 4) is 6.07 Å². The number of nitriles is 1. The summed E-state index contributed by atoms with van der Waals surface area (Å²) in [6, 6.07) is 10.1. The maximum absolute atomic E-state index is 11.1. The lowest BCUT2D eigenvalue weighted by molar-refractivity contribution is -0.0402. The molecular formula is C26H32N4O3S. The Morgan fingerprint density at radius 1 is 1.26 bits per heavy atom. The second-order valence-electron chi connectivity index (χ2n) is 9.88. The summed E-state index contributed by atoms with van der Waals surface area (Å²) in [6.07, 6.45) is 1.45. The standard InChI is InChI=1S/C26H32N4O3S/c1-16-13-30(14-17(2)28-16)23-22-15-33-26(3,4)11-20(22)21(12-27)24(29-23)34-10-9-18-5-7-19(8-6-18)25(31)32/h5-8,16-17,28H,9-11,13-15H2,1-4H3,(H,31,32). The number of nitrogens with zero attached hydrogens (tertiary/aromatic N) is 3. The first-order valence-electron chi connectivity index (χ1n) is 11.7. The number of piperazine rings is 1. The second-order valence-corrected chi connectivity index (χ2v) is 11.0. The van der Waals surface area contributed by atoms with Gasteiger partial charge in [0, 0.05) is 42.9 Å². The highest BCUT2D eigenvalue weighted by molar-refractivity contribution is 7.99. The first-order chi connectivity index (χ1) is 16.2. The first-order valence-corrected chi connectivity index (χ1v) is 12.7. The molecule has 2 aromatic rings. The SMILES string of the molecule is CC1CN(c2nc(SCCc3ccc(C(=O)O)cc3)c(C#N)c3c2COC(C)(C)C3)CC(C)N1. The Morgan fingerprint density at radius 3 is 2.56 bits per heavy atom.